The molecular formula is C9H17N3O2S. The number of amides is 1. The van der Waals surface area contributed by atoms with E-state index in [1.165, 1.54) is 0 Å². The molecule has 4 N–H and O–H groups in total. The molecule has 1 heterocycles. The number of nitrogens with one attached hydrogen (secondary N) is 2. The van der Waals surface area contributed by atoms with Crippen molar-refractivity contribution in [3.63, 3.8) is 0 Å². The van der Waals surface area contributed by atoms with Crippen LogP contribution in [0.15, 0.2) is 0 Å². The Morgan fingerprint density at radius 1 is 1.27 bits per heavy atom. The molecule has 86 valence electrons. The van der Waals surface area contributed by atoms with Gasteiger partial charge in [0.15, 0.2) is 5.11 Å². The van der Waals surface area contributed by atoms with E-state index >= 15 is 0 Å². The first kappa shape index (κ1) is 12.2. The Morgan fingerprint density at radius 2 is 1.87 bits per heavy atom. The van der Waals surface area contributed by atoms with Gasteiger partial charge in [0.05, 0.1) is 18.1 Å². The molecule has 0 bridgehead atoms. The number of carbonyl (C=O) groups is 1. The average molecular weight is 231 g/mol. The molecule has 1 saturated heterocycles. The maximum atomic E-state index is 11.7. The first-order valence-electron chi connectivity index (χ1n) is 4.94. The predicted molar refractivity (Wildman–Crippen MR) is 60.7 cm³/mol. The average Bonchev–Trinajstić information content (AvgIpc) is 2.37. The molecule has 6 heteroatoms. The van der Waals surface area contributed by atoms with Crippen LogP contribution in [-0.4, -0.2) is 23.2 Å². The van der Waals surface area contributed by atoms with Crippen molar-refractivity contribution in [3.8, 4) is 0 Å². The minimum absolute atomic E-state index is 0.0515. The van der Waals surface area contributed by atoms with Crippen LogP contribution in [0, 0.1) is 11.8 Å². The lowest BCUT2D eigenvalue weighted by atomic mass is 9.89. The van der Waals surface area contributed by atoms with E-state index in [1.807, 2.05) is 20.8 Å². The summed E-state index contributed by atoms with van der Waals surface area (Å²) in [6, 6.07) is 0. The SMILES string of the molecule is CC1OC(C)C(C(=O)NNC(N)=S)C1C. The Kier molecular flexibility index (Phi) is 3.87. The molecule has 4 unspecified atom stereocenters. The molecule has 0 spiro atoms. The van der Waals surface area contributed by atoms with Gasteiger partial charge < -0.3 is 10.5 Å². The van der Waals surface area contributed by atoms with Gasteiger partial charge in [0.1, 0.15) is 0 Å². The third kappa shape index (κ3) is 2.79. The predicted octanol–water partition coefficient (Wildman–Crippen LogP) is -0.0897. The fourth-order valence-corrected chi connectivity index (χ4v) is 1.98. The van der Waals surface area contributed by atoms with Gasteiger partial charge in [-0.2, -0.15) is 0 Å². The van der Waals surface area contributed by atoms with Crippen molar-refractivity contribution < 1.29 is 9.53 Å². The summed E-state index contributed by atoms with van der Waals surface area (Å²) in [5.41, 5.74) is 10.1. The van der Waals surface area contributed by atoms with Crippen LogP contribution in [0.1, 0.15) is 20.8 Å². The highest BCUT2D eigenvalue weighted by Gasteiger charge is 2.41. The van der Waals surface area contributed by atoms with E-state index in [-0.39, 0.29) is 35.1 Å². The summed E-state index contributed by atoms with van der Waals surface area (Å²) >= 11 is 4.59. The van der Waals surface area contributed by atoms with E-state index in [9.17, 15) is 4.79 Å². The smallest absolute Gasteiger partial charge is 0.244 e. The largest absolute Gasteiger partial charge is 0.375 e. The minimum atomic E-state index is -0.165. The summed E-state index contributed by atoms with van der Waals surface area (Å²) in [6.07, 6.45) is 0.0173. The lowest BCUT2D eigenvalue weighted by molar-refractivity contribution is -0.127. The van der Waals surface area contributed by atoms with Crippen LogP contribution in [0.4, 0.5) is 0 Å². The minimum Gasteiger partial charge on any atom is -0.375 e. The van der Waals surface area contributed by atoms with Crippen molar-refractivity contribution >= 4 is 23.2 Å². The fraction of sp³-hybridized carbons (Fsp3) is 0.778. The number of hydrogen-bond acceptors (Lipinski definition) is 3. The molecule has 0 aromatic heterocycles. The molecule has 0 aromatic rings. The monoisotopic (exact) mass is 231 g/mol. The molecule has 0 saturated carbocycles. The van der Waals surface area contributed by atoms with Gasteiger partial charge in [-0.25, -0.2) is 0 Å². The fourth-order valence-electron chi connectivity index (χ4n) is 1.93. The molecule has 1 amide bonds. The third-order valence-electron chi connectivity index (χ3n) is 2.85. The Hall–Kier alpha value is -0.880. The van der Waals surface area contributed by atoms with Gasteiger partial charge in [-0.3, -0.25) is 15.6 Å². The quantitative estimate of drug-likeness (QED) is 0.434. The Labute approximate surface area is 94.7 Å². The van der Waals surface area contributed by atoms with Gasteiger partial charge in [0.2, 0.25) is 5.91 Å². The normalized spacial score (nSPS) is 34.9. The maximum Gasteiger partial charge on any atom is 0.244 e. The van der Waals surface area contributed by atoms with Crippen molar-refractivity contribution in [2.45, 2.75) is 33.0 Å². The zero-order valence-electron chi connectivity index (χ0n) is 9.11. The summed E-state index contributed by atoms with van der Waals surface area (Å²) in [5.74, 6) is -0.109. The van der Waals surface area contributed by atoms with Crippen molar-refractivity contribution in [2.24, 2.45) is 17.6 Å². The molecule has 15 heavy (non-hydrogen) atoms. The first-order valence-corrected chi connectivity index (χ1v) is 5.35. The van der Waals surface area contributed by atoms with Crippen molar-refractivity contribution in [3.05, 3.63) is 0 Å². The Balaban J connectivity index is 2.55. The molecular weight excluding hydrogens is 214 g/mol. The molecule has 5 nitrogen and oxygen atoms in total. The molecule has 0 radical (unpaired) electrons. The van der Waals surface area contributed by atoms with Gasteiger partial charge in [-0.15, -0.1) is 0 Å². The van der Waals surface area contributed by atoms with Gasteiger partial charge >= 0.3 is 0 Å². The second-order valence-electron chi connectivity index (χ2n) is 3.91. The van der Waals surface area contributed by atoms with Gasteiger partial charge in [-0.1, -0.05) is 6.92 Å². The van der Waals surface area contributed by atoms with E-state index < -0.39 is 0 Å². The van der Waals surface area contributed by atoms with Crippen LogP contribution in [0.3, 0.4) is 0 Å². The number of hydrazine groups is 1. The lowest BCUT2D eigenvalue weighted by Crippen LogP contribution is -2.48. The van der Waals surface area contributed by atoms with E-state index in [1.54, 1.807) is 0 Å². The molecule has 4 atom stereocenters. The highest BCUT2D eigenvalue weighted by atomic mass is 32.1. The highest BCUT2D eigenvalue weighted by Crippen LogP contribution is 2.31. The third-order valence-corrected chi connectivity index (χ3v) is 2.96. The number of hydrogen-bond donors (Lipinski definition) is 3. The zero-order valence-corrected chi connectivity index (χ0v) is 9.93. The Morgan fingerprint density at radius 3 is 2.27 bits per heavy atom. The highest BCUT2D eigenvalue weighted by molar-refractivity contribution is 7.80. The molecule has 0 aliphatic carbocycles. The van der Waals surface area contributed by atoms with Crippen LogP contribution in [0.5, 0.6) is 0 Å². The van der Waals surface area contributed by atoms with E-state index in [4.69, 9.17) is 10.5 Å². The summed E-state index contributed by atoms with van der Waals surface area (Å²) in [6.45, 7) is 5.86. The maximum absolute atomic E-state index is 11.7. The number of rotatable bonds is 1. The first-order chi connectivity index (χ1) is 6.93. The second-order valence-corrected chi connectivity index (χ2v) is 4.35. The van der Waals surface area contributed by atoms with Crippen LogP contribution < -0.4 is 16.6 Å². The number of carbonyl (C=O) groups excluding carboxylic acids is 1. The van der Waals surface area contributed by atoms with Crippen LogP contribution in [-0.2, 0) is 9.53 Å². The van der Waals surface area contributed by atoms with Crippen LogP contribution in [0.2, 0.25) is 0 Å². The molecule has 1 aliphatic rings. The standard InChI is InChI=1S/C9H17N3O2S/c1-4-5(2)14-6(3)7(4)8(13)11-12-9(10)15/h4-7H,1-3H3,(H,11,13)(H3,10,12,15). The topological polar surface area (TPSA) is 76.4 Å². The molecule has 1 rings (SSSR count). The van der Waals surface area contributed by atoms with Gasteiger partial charge in [-0.05, 0) is 32.0 Å². The van der Waals surface area contributed by atoms with Gasteiger partial charge in [0.25, 0.3) is 0 Å². The Bertz CT molecular complexity index is 272. The number of thiocarbonyl (C=S) groups is 1. The van der Waals surface area contributed by atoms with E-state index in [2.05, 4.69) is 23.1 Å². The van der Waals surface area contributed by atoms with Crippen LogP contribution >= 0.6 is 12.2 Å². The summed E-state index contributed by atoms with van der Waals surface area (Å²) in [7, 11) is 0. The van der Waals surface area contributed by atoms with Gasteiger partial charge in [0, 0.05) is 0 Å². The second kappa shape index (κ2) is 4.76. The molecule has 1 aliphatic heterocycles. The summed E-state index contributed by atoms with van der Waals surface area (Å²) in [4.78, 5) is 11.7. The van der Waals surface area contributed by atoms with Crippen molar-refractivity contribution in [2.75, 3.05) is 0 Å². The number of nitrogens with two attached hydrogens (primary N) is 1. The van der Waals surface area contributed by atoms with Crippen molar-refractivity contribution in [1.82, 2.24) is 10.9 Å². The lowest BCUT2D eigenvalue weighted by Gasteiger charge is -2.18. The molecule has 1 fully saturated rings. The van der Waals surface area contributed by atoms with Crippen molar-refractivity contribution in [1.29, 1.82) is 0 Å². The van der Waals surface area contributed by atoms with E-state index in [0.717, 1.165) is 0 Å². The zero-order chi connectivity index (χ0) is 11.6. The summed E-state index contributed by atoms with van der Waals surface area (Å²) in [5, 5.41) is 0.0515. The number of ether oxygens (including phenoxy) is 1. The van der Waals surface area contributed by atoms with E-state index in [0.29, 0.717) is 0 Å². The van der Waals surface area contributed by atoms with Crippen LogP contribution in [0.25, 0.3) is 0 Å². The molecule has 0 aromatic carbocycles. The summed E-state index contributed by atoms with van der Waals surface area (Å²) < 4.78 is 5.56.